The van der Waals surface area contributed by atoms with Crippen LogP contribution in [0.4, 0.5) is 4.79 Å². The summed E-state index contributed by atoms with van der Waals surface area (Å²) in [5.41, 5.74) is 1.01. The van der Waals surface area contributed by atoms with Gasteiger partial charge < -0.3 is 29.3 Å². The van der Waals surface area contributed by atoms with Crippen molar-refractivity contribution in [2.24, 2.45) is 4.99 Å². The van der Waals surface area contributed by atoms with Crippen LogP contribution in [0.5, 0.6) is 0 Å². The van der Waals surface area contributed by atoms with E-state index in [1.54, 1.807) is 12.4 Å². The normalized spacial score (nSPS) is 20.1. The molecule has 3 aliphatic rings. The van der Waals surface area contributed by atoms with Crippen LogP contribution < -0.4 is 10.6 Å². The van der Waals surface area contributed by atoms with Crippen molar-refractivity contribution in [3.8, 4) is 6.07 Å². The maximum absolute atomic E-state index is 13.7. The molecule has 2 N–H and O–H groups in total. The highest BCUT2D eigenvalue weighted by molar-refractivity contribution is 5.96. The Morgan fingerprint density at radius 1 is 1.00 bits per heavy atom. The van der Waals surface area contributed by atoms with Crippen molar-refractivity contribution in [2.45, 2.75) is 50.6 Å². The van der Waals surface area contributed by atoms with Gasteiger partial charge in [-0.3, -0.25) is 20.0 Å². The molecule has 2 unspecified atom stereocenters. The first-order valence-corrected chi connectivity index (χ1v) is 15.6. The summed E-state index contributed by atoms with van der Waals surface area (Å²) >= 11 is 0. The number of pyridine rings is 1. The third-order valence-corrected chi connectivity index (χ3v) is 7.90. The number of nitriles is 1. The summed E-state index contributed by atoms with van der Waals surface area (Å²) in [5.74, 6) is -0.0705. The third-order valence-electron chi connectivity index (χ3n) is 7.90. The number of amides is 2. The molecule has 4 rings (SSSR count). The van der Waals surface area contributed by atoms with E-state index >= 15 is 0 Å². The van der Waals surface area contributed by atoms with Crippen molar-refractivity contribution in [1.29, 1.82) is 5.26 Å². The maximum Gasteiger partial charge on any atom is 0.413 e. The van der Waals surface area contributed by atoms with Crippen molar-refractivity contribution in [2.75, 3.05) is 85.4 Å². The number of carbonyl (C=O) groups excluding carboxylic acids is 2. The van der Waals surface area contributed by atoms with Gasteiger partial charge >= 0.3 is 6.09 Å². The SMILES string of the molecule is N#CC(CCCN1CCCCC1)NC(=O)C(CN1CCOCC1)N=C(NC(=O)OCCc1ccncc1)N1CCOCC1. The molecule has 3 aliphatic heterocycles. The Kier molecular flexibility index (Phi) is 13.9. The first kappa shape index (κ1) is 32.6. The largest absolute Gasteiger partial charge is 0.449 e. The van der Waals surface area contributed by atoms with E-state index in [0.29, 0.717) is 72.0 Å². The molecule has 1 aromatic heterocycles. The molecule has 0 spiro atoms. The van der Waals surface area contributed by atoms with Crippen LogP contribution in [0, 0.1) is 11.3 Å². The monoisotopic (exact) mass is 598 g/mol. The van der Waals surface area contributed by atoms with Crippen LogP contribution in [-0.4, -0.2) is 135 Å². The fraction of sp³-hybridized carbons (Fsp3) is 0.700. The number of aliphatic imine (C=N–C) groups is 1. The number of nitrogens with zero attached hydrogens (tertiary/aromatic N) is 6. The summed E-state index contributed by atoms with van der Waals surface area (Å²) < 4.78 is 16.4. The summed E-state index contributed by atoms with van der Waals surface area (Å²) in [6, 6.07) is 4.55. The number of hydrogen-bond donors (Lipinski definition) is 2. The van der Waals surface area contributed by atoms with Gasteiger partial charge in [0.2, 0.25) is 11.9 Å². The first-order valence-electron chi connectivity index (χ1n) is 15.6. The number of hydrogen-bond acceptors (Lipinski definition) is 10. The number of alkyl carbamates (subject to hydrolysis) is 1. The quantitative estimate of drug-likeness (QED) is 0.264. The molecular weight excluding hydrogens is 552 g/mol. The summed E-state index contributed by atoms with van der Waals surface area (Å²) in [7, 11) is 0. The smallest absolute Gasteiger partial charge is 0.413 e. The van der Waals surface area contributed by atoms with Gasteiger partial charge in [0, 0.05) is 51.5 Å². The number of aromatic nitrogens is 1. The number of nitrogens with one attached hydrogen (secondary N) is 2. The molecular formula is C30H46N8O5. The standard InChI is InChI=1S/C30H46N8O5/c31-23-26(5-4-13-36-11-2-1-3-12-36)33-28(39)27(24-37-14-19-41-20-15-37)34-29(38-16-21-42-22-17-38)35-30(40)43-18-8-25-6-9-32-10-7-25/h6-7,9-10,26-27H,1-5,8,11-22,24H2,(H,33,39)(H,34,35,40). The van der Waals surface area contributed by atoms with Gasteiger partial charge in [-0.15, -0.1) is 0 Å². The van der Waals surface area contributed by atoms with Crippen molar-refractivity contribution in [1.82, 2.24) is 30.3 Å². The zero-order chi connectivity index (χ0) is 30.1. The molecule has 1 aromatic rings. The molecule has 0 aliphatic carbocycles. The molecule has 43 heavy (non-hydrogen) atoms. The lowest BCUT2D eigenvalue weighted by molar-refractivity contribution is -0.123. The molecule has 0 saturated carbocycles. The summed E-state index contributed by atoms with van der Waals surface area (Å²) in [4.78, 5) is 41.8. The Hall–Kier alpha value is -3.31. The second kappa shape index (κ2) is 18.4. The topological polar surface area (TPSA) is 145 Å². The highest BCUT2D eigenvalue weighted by atomic mass is 16.5. The predicted octanol–water partition coefficient (Wildman–Crippen LogP) is 1.01. The molecule has 13 nitrogen and oxygen atoms in total. The Balaban J connectivity index is 1.41. The van der Waals surface area contributed by atoms with E-state index in [2.05, 4.69) is 31.5 Å². The molecule has 0 aromatic carbocycles. The minimum absolute atomic E-state index is 0.186. The van der Waals surface area contributed by atoms with Crippen LogP contribution in [0.15, 0.2) is 29.5 Å². The lowest BCUT2D eigenvalue weighted by Crippen LogP contribution is -2.52. The molecule has 3 fully saturated rings. The Labute approximate surface area is 254 Å². The molecule has 2 amide bonds. The maximum atomic E-state index is 13.7. The lowest BCUT2D eigenvalue weighted by Gasteiger charge is -2.32. The van der Waals surface area contributed by atoms with Crippen LogP contribution in [0.1, 0.15) is 37.7 Å². The minimum atomic E-state index is -0.842. The van der Waals surface area contributed by atoms with Gasteiger partial charge in [-0.1, -0.05) is 6.42 Å². The number of morpholine rings is 2. The van der Waals surface area contributed by atoms with Gasteiger partial charge in [-0.2, -0.15) is 5.26 Å². The first-order chi connectivity index (χ1) is 21.1. The predicted molar refractivity (Wildman–Crippen MR) is 160 cm³/mol. The summed E-state index contributed by atoms with van der Waals surface area (Å²) in [5, 5.41) is 15.6. The van der Waals surface area contributed by atoms with E-state index in [0.717, 1.165) is 31.6 Å². The number of rotatable bonds is 12. The van der Waals surface area contributed by atoms with E-state index in [9.17, 15) is 14.9 Å². The minimum Gasteiger partial charge on any atom is -0.449 e. The molecule has 13 heteroatoms. The fourth-order valence-electron chi connectivity index (χ4n) is 5.40. The van der Waals surface area contributed by atoms with Gasteiger partial charge in [-0.25, -0.2) is 9.79 Å². The molecule has 2 atom stereocenters. The average Bonchev–Trinajstić information content (AvgIpc) is 3.05. The van der Waals surface area contributed by atoms with Crippen LogP contribution in [-0.2, 0) is 25.4 Å². The van der Waals surface area contributed by atoms with E-state index in [-0.39, 0.29) is 18.5 Å². The van der Waals surface area contributed by atoms with Crippen molar-refractivity contribution >= 4 is 18.0 Å². The number of carbonyl (C=O) groups is 2. The second-order valence-electron chi connectivity index (χ2n) is 11.1. The number of ether oxygens (including phenoxy) is 3. The zero-order valence-corrected chi connectivity index (χ0v) is 25.1. The van der Waals surface area contributed by atoms with E-state index in [4.69, 9.17) is 19.2 Å². The van der Waals surface area contributed by atoms with Gasteiger partial charge in [0.25, 0.3) is 0 Å². The Morgan fingerprint density at radius 3 is 2.40 bits per heavy atom. The third kappa shape index (κ3) is 11.7. The van der Waals surface area contributed by atoms with Crippen molar-refractivity contribution in [3.63, 3.8) is 0 Å². The molecule has 0 bridgehead atoms. The van der Waals surface area contributed by atoms with Crippen LogP contribution >= 0.6 is 0 Å². The van der Waals surface area contributed by atoms with E-state index in [1.807, 2.05) is 17.0 Å². The van der Waals surface area contributed by atoms with Crippen molar-refractivity contribution in [3.05, 3.63) is 30.1 Å². The van der Waals surface area contributed by atoms with Crippen LogP contribution in [0.3, 0.4) is 0 Å². The molecule has 236 valence electrons. The second-order valence-corrected chi connectivity index (χ2v) is 11.1. The summed E-state index contributed by atoms with van der Waals surface area (Å²) in [6.45, 7) is 8.14. The zero-order valence-electron chi connectivity index (χ0n) is 25.1. The van der Waals surface area contributed by atoms with Gasteiger partial charge in [0.1, 0.15) is 12.1 Å². The molecule has 3 saturated heterocycles. The highest BCUT2D eigenvalue weighted by Crippen LogP contribution is 2.11. The highest BCUT2D eigenvalue weighted by Gasteiger charge is 2.28. The molecule has 4 heterocycles. The lowest BCUT2D eigenvalue weighted by atomic mass is 10.1. The Bertz CT molecular complexity index is 1050. The van der Waals surface area contributed by atoms with Crippen molar-refractivity contribution < 1.29 is 23.8 Å². The Morgan fingerprint density at radius 2 is 1.70 bits per heavy atom. The van der Waals surface area contributed by atoms with Gasteiger partial charge in [0.15, 0.2) is 0 Å². The number of piperidine rings is 1. The van der Waals surface area contributed by atoms with Gasteiger partial charge in [0.05, 0.1) is 39.1 Å². The van der Waals surface area contributed by atoms with Crippen LogP contribution in [0.2, 0.25) is 0 Å². The number of likely N-dealkylation sites (tertiary alicyclic amines) is 1. The van der Waals surface area contributed by atoms with Crippen LogP contribution in [0.25, 0.3) is 0 Å². The molecule has 0 radical (unpaired) electrons. The average molecular weight is 599 g/mol. The summed E-state index contributed by atoms with van der Waals surface area (Å²) in [6.07, 6.45) is 8.44. The van der Waals surface area contributed by atoms with E-state index < -0.39 is 18.2 Å². The van der Waals surface area contributed by atoms with E-state index in [1.165, 1.54) is 19.3 Å². The fourth-order valence-corrected chi connectivity index (χ4v) is 5.40. The number of guanidine groups is 1. The van der Waals surface area contributed by atoms with Gasteiger partial charge in [-0.05, 0) is 63.0 Å².